The van der Waals surface area contributed by atoms with Crippen molar-refractivity contribution in [2.45, 2.75) is 18.0 Å². The van der Waals surface area contributed by atoms with Crippen LogP contribution in [0.2, 0.25) is 0 Å². The van der Waals surface area contributed by atoms with Crippen molar-refractivity contribution in [2.24, 2.45) is 0 Å². The summed E-state index contributed by atoms with van der Waals surface area (Å²) < 4.78 is 45.2. The maximum atomic E-state index is 13.1. The average Bonchev–Trinajstić information content (AvgIpc) is 3.18. The van der Waals surface area contributed by atoms with Crippen LogP contribution in [0.1, 0.15) is 21.7 Å². The summed E-state index contributed by atoms with van der Waals surface area (Å²) in [6.07, 6.45) is 1.46. The number of hydrogen-bond donors (Lipinski definition) is 2. The van der Waals surface area contributed by atoms with Crippen LogP contribution in [0.5, 0.6) is 0 Å². The van der Waals surface area contributed by atoms with Crippen LogP contribution in [0.3, 0.4) is 0 Å². The lowest BCUT2D eigenvalue weighted by atomic mass is 10.2. The smallest absolute Gasteiger partial charge is 0.251 e. The summed E-state index contributed by atoms with van der Waals surface area (Å²) in [5, 5.41) is 2.66. The fourth-order valence-corrected chi connectivity index (χ4v) is 3.37. The topological polar surface area (TPSA) is 88.4 Å². The first kappa shape index (κ1) is 18.8. The van der Waals surface area contributed by atoms with Gasteiger partial charge in [-0.15, -0.1) is 0 Å². The van der Waals surface area contributed by atoms with Crippen LogP contribution in [0.15, 0.2) is 76.2 Å². The molecule has 3 rings (SSSR count). The Labute approximate surface area is 156 Å². The number of carbonyl (C=O) groups excluding carboxylic acids is 1. The van der Waals surface area contributed by atoms with E-state index in [1.54, 1.807) is 24.3 Å². The minimum Gasteiger partial charge on any atom is -0.468 e. The molecule has 0 aliphatic carbocycles. The lowest BCUT2D eigenvalue weighted by Gasteiger charge is -2.08. The zero-order chi connectivity index (χ0) is 19.3. The van der Waals surface area contributed by atoms with E-state index in [-0.39, 0.29) is 29.7 Å². The van der Waals surface area contributed by atoms with Crippen molar-refractivity contribution < 1.29 is 22.0 Å². The minimum atomic E-state index is -3.72. The molecular formula is C19H17FN2O4S. The summed E-state index contributed by atoms with van der Waals surface area (Å²) in [6, 6.07) is 14.8. The highest BCUT2D eigenvalue weighted by Crippen LogP contribution is 2.12. The van der Waals surface area contributed by atoms with Gasteiger partial charge in [0, 0.05) is 12.1 Å². The molecule has 2 N–H and O–H groups in total. The van der Waals surface area contributed by atoms with Gasteiger partial charge in [0.25, 0.3) is 5.91 Å². The molecule has 27 heavy (non-hydrogen) atoms. The highest BCUT2D eigenvalue weighted by atomic mass is 32.2. The van der Waals surface area contributed by atoms with E-state index in [1.165, 1.54) is 42.7 Å². The lowest BCUT2D eigenvalue weighted by molar-refractivity contribution is 0.0950. The largest absolute Gasteiger partial charge is 0.468 e. The Balaban J connectivity index is 1.61. The van der Waals surface area contributed by atoms with Crippen LogP contribution in [-0.2, 0) is 23.1 Å². The standard InChI is InChI=1S/C19H17FN2O4S/c20-16-4-1-3-14(11-16)12-21-19(23)15-6-8-18(9-7-15)27(24,25)22-13-17-5-2-10-26-17/h1-11,22H,12-13H2,(H,21,23). The fraction of sp³-hybridized carbons (Fsp3) is 0.105. The second-order valence-electron chi connectivity index (χ2n) is 5.74. The van der Waals surface area contributed by atoms with Crippen LogP contribution in [0, 0.1) is 5.82 Å². The van der Waals surface area contributed by atoms with Crippen LogP contribution < -0.4 is 10.0 Å². The number of sulfonamides is 1. The van der Waals surface area contributed by atoms with Gasteiger partial charge < -0.3 is 9.73 Å². The van der Waals surface area contributed by atoms with E-state index >= 15 is 0 Å². The Morgan fingerprint density at radius 1 is 1.00 bits per heavy atom. The Morgan fingerprint density at radius 3 is 2.44 bits per heavy atom. The molecule has 2 aromatic carbocycles. The molecule has 0 aliphatic rings. The first-order chi connectivity index (χ1) is 12.9. The van der Waals surface area contributed by atoms with Crippen LogP contribution in [0.4, 0.5) is 4.39 Å². The number of nitrogens with one attached hydrogen (secondary N) is 2. The number of amides is 1. The minimum absolute atomic E-state index is 0.0329. The molecule has 0 bridgehead atoms. The highest BCUT2D eigenvalue weighted by molar-refractivity contribution is 7.89. The van der Waals surface area contributed by atoms with E-state index in [9.17, 15) is 17.6 Å². The van der Waals surface area contributed by atoms with Gasteiger partial charge in [-0.2, -0.15) is 0 Å². The van der Waals surface area contributed by atoms with Crippen molar-refractivity contribution >= 4 is 15.9 Å². The monoisotopic (exact) mass is 388 g/mol. The van der Waals surface area contributed by atoms with Crippen LogP contribution in [0.25, 0.3) is 0 Å². The molecule has 1 amide bonds. The van der Waals surface area contributed by atoms with Gasteiger partial charge in [0.2, 0.25) is 10.0 Å². The van der Waals surface area contributed by atoms with E-state index in [2.05, 4.69) is 10.0 Å². The molecule has 0 radical (unpaired) electrons. The number of furan rings is 1. The van der Waals surface area contributed by atoms with Crippen LogP contribution >= 0.6 is 0 Å². The van der Waals surface area contributed by atoms with Crippen molar-refractivity contribution in [3.05, 3.63) is 89.6 Å². The van der Waals surface area contributed by atoms with Gasteiger partial charge in [0.15, 0.2) is 0 Å². The third kappa shape index (κ3) is 5.02. The average molecular weight is 388 g/mol. The van der Waals surface area contributed by atoms with Crippen molar-refractivity contribution in [3.8, 4) is 0 Å². The Bertz CT molecular complexity index is 1020. The quantitative estimate of drug-likeness (QED) is 0.651. The molecule has 1 aromatic heterocycles. The summed E-state index contributed by atoms with van der Waals surface area (Å²) in [7, 11) is -3.72. The zero-order valence-electron chi connectivity index (χ0n) is 14.2. The molecule has 0 unspecified atom stereocenters. The van der Waals surface area contributed by atoms with Crippen molar-refractivity contribution in [2.75, 3.05) is 0 Å². The molecule has 6 nitrogen and oxygen atoms in total. The Hall–Kier alpha value is -2.97. The van der Waals surface area contributed by atoms with Crippen molar-refractivity contribution in [3.63, 3.8) is 0 Å². The van der Waals surface area contributed by atoms with Gasteiger partial charge in [-0.1, -0.05) is 12.1 Å². The van der Waals surface area contributed by atoms with E-state index < -0.39 is 10.0 Å². The molecule has 8 heteroatoms. The summed E-state index contributed by atoms with van der Waals surface area (Å²) in [4.78, 5) is 12.2. The molecule has 0 aliphatic heterocycles. The normalized spacial score (nSPS) is 11.3. The summed E-state index contributed by atoms with van der Waals surface area (Å²) in [5.74, 6) is -0.267. The van der Waals surface area contributed by atoms with Gasteiger partial charge in [0.1, 0.15) is 11.6 Å². The zero-order valence-corrected chi connectivity index (χ0v) is 15.0. The number of halogens is 1. The molecule has 140 valence electrons. The van der Waals surface area contributed by atoms with Gasteiger partial charge in [-0.05, 0) is 54.1 Å². The van der Waals surface area contributed by atoms with E-state index in [0.29, 0.717) is 16.9 Å². The Morgan fingerprint density at radius 2 is 1.78 bits per heavy atom. The fourth-order valence-electron chi connectivity index (χ4n) is 2.38. The molecule has 0 saturated carbocycles. The SMILES string of the molecule is O=C(NCc1cccc(F)c1)c1ccc(S(=O)(=O)NCc2ccco2)cc1. The molecule has 3 aromatic rings. The van der Waals surface area contributed by atoms with E-state index in [0.717, 1.165) is 0 Å². The first-order valence-electron chi connectivity index (χ1n) is 8.09. The second kappa shape index (κ2) is 8.15. The third-order valence-corrected chi connectivity index (χ3v) is 5.20. The van der Waals surface area contributed by atoms with E-state index in [1.807, 2.05) is 0 Å². The molecular weight excluding hydrogens is 371 g/mol. The first-order valence-corrected chi connectivity index (χ1v) is 9.57. The maximum absolute atomic E-state index is 13.1. The number of rotatable bonds is 7. The third-order valence-electron chi connectivity index (χ3n) is 3.79. The molecule has 0 fully saturated rings. The Kier molecular flexibility index (Phi) is 5.68. The van der Waals surface area contributed by atoms with Gasteiger partial charge in [-0.3, -0.25) is 4.79 Å². The van der Waals surface area contributed by atoms with E-state index in [4.69, 9.17) is 4.42 Å². The maximum Gasteiger partial charge on any atom is 0.251 e. The highest BCUT2D eigenvalue weighted by Gasteiger charge is 2.15. The summed E-state index contributed by atoms with van der Waals surface area (Å²) in [5.41, 5.74) is 0.932. The number of hydrogen-bond acceptors (Lipinski definition) is 4. The van der Waals surface area contributed by atoms with Crippen LogP contribution in [-0.4, -0.2) is 14.3 Å². The summed E-state index contributed by atoms with van der Waals surface area (Å²) >= 11 is 0. The molecule has 0 spiro atoms. The van der Waals surface area contributed by atoms with Gasteiger partial charge in [-0.25, -0.2) is 17.5 Å². The molecule has 0 saturated heterocycles. The number of benzene rings is 2. The predicted molar refractivity (Wildman–Crippen MR) is 96.7 cm³/mol. The predicted octanol–water partition coefficient (Wildman–Crippen LogP) is 2.83. The molecule has 1 heterocycles. The number of carbonyl (C=O) groups is 1. The van der Waals surface area contributed by atoms with Gasteiger partial charge in [0.05, 0.1) is 17.7 Å². The van der Waals surface area contributed by atoms with Crippen molar-refractivity contribution in [1.82, 2.24) is 10.0 Å². The van der Waals surface area contributed by atoms with Crippen molar-refractivity contribution in [1.29, 1.82) is 0 Å². The second-order valence-corrected chi connectivity index (χ2v) is 7.51. The summed E-state index contributed by atoms with van der Waals surface area (Å²) in [6.45, 7) is 0.201. The lowest BCUT2D eigenvalue weighted by Crippen LogP contribution is -2.24. The van der Waals surface area contributed by atoms with Gasteiger partial charge >= 0.3 is 0 Å². The molecule has 0 atom stereocenters.